The predicted molar refractivity (Wildman–Crippen MR) is 45.6 cm³/mol. The van der Waals surface area contributed by atoms with E-state index in [4.69, 9.17) is 5.73 Å². The van der Waals surface area contributed by atoms with E-state index in [1.807, 2.05) is 0 Å². The maximum Gasteiger partial charge on any atom is 0.394 e. The van der Waals surface area contributed by atoms with Crippen molar-refractivity contribution in [3.63, 3.8) is 0 Å². The molecule has 0 aromatic carbocycles. The summed E-state index contributed by atoms with van der Waals surface area (Å²) in [5.74, 6) is -0.942. The summed E-state index contributed by atoms with van der Waals surface area (Å²) in [6.07, 6.45) is -1.26. The molecule has 0 aliphatic rings. The Bertz CT molecular complexity index is 292. The molecule has 1 aromatic rings. The number of hydrogen-bond donors (Lipinski definition) is 1. The van der Waals surface area contributed by atoms with Crippen LogP contribution < -0.4 is 5.73 Å². The molecule has 0 saturated heterocycles. The Labute approximate surface area is 79.7 Å². The van der Waals surface area contributed by atoms with E-state index in [9.17, 15) is 13.2 Å². The molecule has 0 fully saturated rings. The van der Waals surface area contributed by atoms with E-state index in [1.165, 1.54) is 17.0 Å². The van der Waals surface area contributed by atoms with E-state index < -0.39 is 18.6 Å². The van der Waals surface area contributed by atoms with Gasteiger partial charge in [0.15, 0.2) is 0 Å². The SMILES string of the molecule is Cc1nccn1CC(CN)C(F)(F)F. The largest absolute Gasteiger partial charge is 0.394 e. The minimum Gasteiger partial charge on any atom is -0.335 e. The van der Waals surface area contributed by atoms with Gasteiger partial charge in [0.1, 0.15) is 5.82 Å². The molecular formula is C8H12F3N3. The third-order valence-corrected chi connectivity index (χ3v) is 2.09. The molecule has 0 saturated carbocycles. The summed E-state index contributed by atoms with van der Waals surface area (Å²) in [6.45, 7) is 1.09. The lowest BCUT2D eigenvalue weighted by atomic mass is 10.1. The second-order valence-electron chi connectivity index (χ2n) is 3.10. The lowest BCUT2D eigenvalue weighted by Crippen LogP contribution is -2.33. The van der Waals surface area contributed by atoms with Crippen molar-refractivity contribution in [3.05, 3.63) is 18.2 Å². The van der Waals surface area contributed by atoms with Crippen LogP contribution in [-0.4, -0.2) is 22.3 Å². The molecule has 1 unspecified atom stereocenters. The highest BCUT2D eigenvalue weighted by molar-refractivity contribution is 4.89. The average molecular weight is 207 g/mol. The Kier molecular flexibility index (Phi) is 3.15. The van der Waals surface area contributed by atoms with Gasteiger partial charge in [0.25, 0.3) is 0 Å². The first-order chi connectivity index (χ1) is 6.45. The molecule has 1 atom stereocenters. The zero-order valence-electron chi connectivity index (χ0n) is 7.75. The number of aromatic nitrogens is 2. The number of rotatable bonds is 3. The third kappa shape index (κ3) is 2.47. The highest BCUT2D eigenvalue weighted by Gasteiger charge is 2.38. The van der Waals surface area contributed by atoms with E-state index in [0.29, 0.717) is 5.82 Å². The van der Waals surface area contributed by atoms with Crippen molar-refractivity contribution in [1.82, 2.24) is 9.55 Å². The zero-order valence-corrected chi connectivity index (χ0v) is 7.75. The molecule has 0 bridgehead atoms. The topological polar surface area (TPSA) is 43.8 Å². The molecular weight excluding hydrogens is 195 g/mol. The maximum absolute atomic E-state index is 12.3. The number of nitrogens with zero attached hydrogens (tertiary/aromatic N) is 2. The van der Waals surface area contributed by atoms with Gasteiger partial charge in [-0.05, 0) is 6.92 Å². The van der Waals surface area contributed by atoms with Gasteiger partial charge in [0.05, 0.1) is 5.92 Å². The Hall–Kier alpha value is -1.04. The first kappa shape index (κ1) is 11.0. The molecule has 1 heterocycles. The molecule has 0 aliphatic carbocycles. The fraction of sp³-hybridized carbons (Fsp3) is 0.625. The molecule has 6 heteroatoms. The van der Waals surface area contributed by atoms with Crippen LogP contribution in [0.15, 0.2) is 12.4 Å². The van der Waals surface area contributed by atoms with Crippen LogP contribution in [0, 0.1) is 12.8 Å². The van der Waals surface area contributed by atoms with Crippen molar-refractivity contribution in [2.45, 2.75) is 19.6 Å². The van der Waals surface area contributed by atoms with Crippen molar-refractivity contribution in [2.24, 2.45) is 11.7 Å². The molecule has 14 heavy (non-hydrogen) atoms. The Morgan fingerprint density at radius 2 is 2.21 bits per heavy atom. The second kappa shape index (κ2) is 4.00. The Morgan fingerprint density at radius 1 is 1.57 bits per heavy atom. The number of alkyl halides is 3. The van der Waals surface area contributed by atoms with Crippen molar-refractivity contribution < 1.29 is 13.2 Å². The molecule has 3 nitrogen and oxygen atoms in total. The second-order valence-corrected chi connectivity index (χ2v) is 3.10. The van der Waals surface area contributed by atoms with Crippen LogP contribution in [0.4, 0.5) is 13.2 Å². The molecule has 1 rings (SSSR count). The van der Waals surface area contributed by atoms with E-state index in [0.717, 1.165) is 0 Å². The molecule has 0 amide bonds. The van der Waals surface area contributed by atoms with E-state index >= 15 is 0 Å². The summed E-state index contributed by atoms with van der Waals surface area (Å²) in [6, 6.07) is 0. The van der Waals surface area contributed by atoms with Crippen LogP contribution in [0.5, 0.6) is 0 Å². The van der Waals surface area contributed by atoms with Crippen LogP contribution in [0.1, 0.15) is 5.82 Å². The van der Waals surface area contributed by atoms with Gasteiger partial charge in [0, 0.05) is 25.5 Å². The van der Waals surface area contributed by atoms with Gasteiger partial charge < -0.3 is 10.3 Å². The quantitative estimate of drug-likeness (QED) is 0.812. The van der Waals surface area contributed by atoms with E-state index in [2.05, 4.69) is 4.98 Å². The third-order valence-electron chi connectivity index (χ3n) is 2.09. The summed E-state index contributed by atoms with van der Waals surface area (Å²) in [5, 5.41) is 0. The molecule has 0 aliphatic heterocycles. The zero-order chi connectivity index (χ0) is 10.8. The fourth-order valence-corrected chi connectivity index (χ4v) is 1.15. The number of imidazole rings is 1. The van der Waals surface area contributed by atoms with Crippen molar-refractivity contribution in [2.75, 3.05) is 6.54 Å². The van der Waals surface area contributed by atoms with Crippen LogP contribution >= 0.6 is 0 Å². The monoisotopic (exact) mass is 207 g/mol. The summed E-state index contributed by atoms with van der Waals surface area (Å²) < 4.78 is 38.4. The lowest BCUT2D eigenvalue weighted by Gasteiger charge is -2.19. The first-order valence-electron chi connectivity index (χ1n) is 4.19. The summed E-state index contributed by atoms with van der Waals surface area (Å²) in [7, 11) is 0. The number of hydrogen-bond acceptors (Lipinski definition) is 2. The average Bonchev–Trinajstić information content (AvgIpc) is 2.45. The summed E-state index contributed by atoms with van der Waals surface area (Å²) in [5.41, 5.74) is 5.07. The van der Waals surface area contributed by atoms with Gasteiger partial charge >= 0.3 is 6.18 Å². The Balaban J connectivity index is 2.71. The minimum atomic E-state index is -4.24. The molecule has 1 aromatic heterocycles. The minimum absolute atomic E-state index is 0.161. The summed E-state index contributed by atoms with van der Waals surface area (Å²) >= 11 is 0. The van der Waals surface area contributed by atoms with E-state index in [1.54, 1.807) is 6.92 Å². The van der Waals surface area contributed by atoms with Crippen LogP contribution in [-0.2, 0) is 6.54 Å². The van der Waals surface area contributed by atoms with Gasteiger partial charge in [-0.25, -0.2) is 4.98 Å². The molecule has 0 spiro atoms. The van der Waals surface area contributed by atoms with Gasteiger partial charge in [0.2, 0.25) is 0 Å². The maximum atomic E-state index is 12.3. The Morgan fingerprint density at radius 3 is 2.57 bits per heavy atom. The molecule has 80 valence electrons. The van der Waals surface area contributed by atoms with Gasteiger partial charge in [-0.2, -0.15) is 13.2 Å². The predicted octanol–water partition coefficient (Wildman–Crippen LogP) is 1.33. The number of aryl methyl sites for hydroxylation is 1. The van der Waals surface area contributed by atoms with Gasteiger partial charge in [-0.3, -0.25) is 0 Å². The van der Waals surface area contributed by atoms with E-state index in [-0.39, 0.29) is 6.54 Å². The van der Waals surface area contributed by atoms with Crippen molar-refractivity contribution in [3.8, 4) is 0 Å². The van der Waals surface area contributed by atoms with Crippen LogP contribution in [0.25, 0.3) is 0 Å². The highest BCUT2D eigenvalue weighted by Crippen LogP contribution is 2.26. The van der Waals surface area contributed by atoms with Crippen molar-refractivity contribution in [1.29, 1.82) is 0 Å². The fourth-order valence-electron chi connectivity index (χ4n) is 1.15. The summed E-state index contributed by atoms with van der Waals surface area (Å²) in [4.78, 5) is 3.84. The first-order valence-corrected chi connectivity index (χ1v) is 4.19. The van der Waals surface area contributed by atoms with Crippen molar-refractivity contribution >= 4 is 0 Å². The normalized spacial score (nSPS) is 14.4. The molecule has 0 radical (unpaired) electrons. The van der Waals surface area contributed by atoms with Crippen LogP contribution in [0.2, 0.25) is 0 Å². The molecule has 2 N–H and O–H groups in total. The lowest BCUT2D eigenvalue weighted by molar-refractivity contribution is -0.175. The van der Waals surface area contributed by atoms with Gasteiger partial charge in [-0.15, -0.1) is 0 Å². The van der Waals surface area contributed by atoms with Crippen LogP contribution in [0.3, 0.4) is 0 Å². The highest BCUT2D eigenvalue weighted by atomic mass is 19.4. The number of nitrogens with two attached hydrogens (primary N) is 1. The standard InChI is InChI=1S/C8H12F3N3/c1-6-13-2-3-14(6)5-7(4-12)8(9,10)11/h2-3,7H,4-5,12H2,1H3. The van der Waals surface area contributed by atoms with Gasteiger partial charge in [-0.1, -0.05) is 0 Å². The smallest absolute Gasteiger partial charge is 0.335 e. The number of halogens is 3.